The van der Waals surface area contributed by atoms with E-state index in [-0.39, 0.29) is 16.6 Å². The van der Waals surface area contributed by atoms with Crippen LogP contribution in [0.15, 0.2) is 29.2 Å². The van der Waals surface area contributed by atoms with Crippen molar-refractivity contribution in [3.8, 4) is 6.07 Å². The van der Waals surface area contributed by atoms with E-state index in [9.17, 15) is 13.2 Å². The molecule has 0 unspecified atom stereocenters. The van der Waals surface area contributed by atoms with Crippen LogP contribution in [0.4, 0.5) is 5.69 Å². The van der Waals surface area contributed by atoms with E-state index in [0.717, 1.165) is 12.8 Å². The number of carbonyl (C=O) groups excluding carboxylic acids is 1. The number of nitrogens with zero attached hydrogens (tertiary/aromatic N) is 1. The van der Waals surface area contributed by atoms with Crippen LogP contribution in [-0.4, -0.2) is 19.6 Å². The summed E-state index contributed by atoms with van der Waals surface area (Å²) in [6.07, 6.45) is 3.05. The van der Waals surface area contributed by atoms with Gasteiger partial charge in [-0.1, -0.05) is 18.9 Å². The van der Waals surface area contributed by atoms with Crippen molar-refractivity contribution in [2.45, 2.75) is 42.2 Å². The Kier molecular flexibility index (Phi) is 4.40. The number of sulfone groups is 1. The van der Waals surface area contributed by atoms with Crippen LogP contribution in [0.25, 0.3) is 0 Å². The first-order valence-corrected chi connectivity index (χ1v) is 8.09. The maximum atomic E-state index is 12.4. The lowest BCUT2D eigenvalue weighted by Gasteiger charge is -2.12. The molecule has 6 heteroatoms. The van der Waals surface area contributed by atoms with E-state index in [1.54, 1.807) is 24.3 Å². The zero-order chi connectivity index (χ0) is 14.6. The average Bonchev–Trinajstić information content (AvgIpc) is 2.94. The minimum atomic E-state index is -3.33. The molecule has 0 bridgehead atoms. The number of hydrogen-bond donors (Lipinski definition) is 1. The second-order valence-electron chi connectivity index (χ2n) is 4.86. The summed E-state index contributed by atoms with van der Waals surface area (Å²) in [6.45, 7) is 0. The van der Waals surface area contributed by atoms with Crippen LogP contribution in [0.1, 0.15) is 32.1 Å². The summed E-state index contributed by atoms with van der Waals surface area (Å²) in [5.74, 6) is -0.442. The molecular weight excluding hydrogens is 276 g/mol. The summed E-state index contributed by atoms with van der Waals surface area (Å²) in [5.41, 5.74) is 0.407. The van der Waals surface area contributed by atoms with Gasteiger partial charge in [-0.3, -0.25) is 4.79 Å². The Hall–Kier alpha value is -1.87. The number of nitriles is 1. The van der Waals surface area contributed by atoms with Gasteiger partial charge < -0.3 is 5.32 Å². The molecule has 0 aromatic heterocycles. The fourth-order valence-corrected chi connectivity index (χ4v) is 4.32. The minimum absolute atomic E-state index is 0.235. The molecule has 0 aliphatic heterocycles. The molecule has 0 radical (unpaired) electrons. The van der Waals surface area contributed by atoms with Gasteiger partial charge in [0.2, 0.25) is 5.91 Å². The molecule has 5 nitrogen and oxygen atoms in total. The van der Waals surface area contributed by atoms with E-state index in [1.165, 1.54) is 6.07 Å². The summed E-state index contributed by atoms with van der Waals surface area (Å²) in [4.78, 5) is 11.6. The molecule has 1 aliphatic carbocycles. The number of amides is 1. The standard InChI is InChI=1S/C14H16N2O3S/c15-9-8-14(17)16-11-4-3-7-13(10-11)20(18,19)12-5-1-2-6-12/h3-4,7,10,12H,1-2,5-6,8H2,(H,16,17). The molecule has 1 aromatic carbocycles. The number of hydrogen-bond acceptors (Lipinski definition) is 4. The second-order valence-corrected chi connectivity index (χ2v) is 7.09. The zero-order valence-corrected chi connectivity index (χ0v) is 11.8. The Balaban J connectivity index is 2.21. The molecule has 106 valence electrons. The van der Waals surface area contributed by atoms with Crippen LogP contribution < -0.4 is 5.32 Å². The fourth-order valence-electron chi connectivity index (χ4n) is 2.42. The first-order chi connectivity index (χ1) is 9.54. The highest BCUT2D eigenvalue weighted by Gasteiger charge is 2.30. The Morgan fingerprint density at radius 3 is 2.70 bits per heavy atom. The predicted octanol–water partition coefficient (Wildman–Crippen LogP) is 2.26. The summed E-state index contributed by atoms with van der Waals surface area (Å²) < 4.78 is 24.9. The van der Waals surface area contributed by atoms with Crippen molar-refractivity contribution in [2.75, 3.05) is 5.32 Å². The number of carbonyl (C=O) groups is 1. The monoisotopic (exact) mass is 292 g/mol. The molecule has 2 rings (SSSR count). The van der Waals surface area contributed by atoms with Crippen LogP contribution in [0.5, 0.6) is 0 Å². The van der Waals surface area contributed by atoms with E-state index >= 15 is 0 Å². The molecule has 1 saturated carbocycles. The normalized spacial score (nSPS) is 15.8. The lowest BCUT2D eigenvalue weighted by molar-refractivity contribution is -0.115. The summed E-state index contributed by atoms with van der Waals surface area (Å²) in [7, 11) is -3.33. The van der Waals surface area contributed by atoms with Crippen LogP contribution >= 0.6 is 0 Å². The molecule has 0 spiro atoms. The fraction of sp³-hybridized carbons (Fsp3) is 0.429. The number of benzene rings is 1. The third-order valence-corrected chi connectivity index (χ3v) is 5.69. The van der Waals surface area contributed by atoms with Gasteiger partial charge in [-0.25, -0.2) is 8.42 Å². The van der Waals surface area contributed by atoms with Crippen LogP contribution in [0.3, 0.4) is 0 Å². The SMILES string of the molecule is N#CCC(=O)Nc1cccc(S(=O)(=O)C2CCCC2)c1. The molecule has 1 aliphatic rings. The molecule has 0 saturated heterocycles. The highest BCUT2D eigenvalue weighted by atomic mass is 32.2. The largest absolute Gasteiger partial charge is 0.325 e. The molecule has 1 amide bonds. The smallest absolute Gasteiger partial charge is 0.238 e. The molecular formula is C14H16N2O3S. The molecule has 1 aromatic rings. The second kappa shape index (κ2) is 6.06. The van der Waals surface area contributed by atoms with Crippen LogP contribution in [-0.2, 0) is 14.6 Å². The van der Waals surface area contributed by atoms with Crippen molar-refractivity contribution < 1.29 is 13.2 Å². The van der Waals surface area contributed by atoms with Gasteiger partial charge in [-0.05, 0) is 31.0 Å². The first-order valence-electron chi connectivity index (χ1n) is 6.55. The van der Waals surface area contributed by atoms with E-state index < -0.39 is 15.7 Å². The highest BCUT2D eigenvalue weighted by Crippen LogP contribution is 2.30. The van der Waals surface area contributed by atoms with Gasteiger partial charge >= 0.3 is 0 Å². The molecule has 1 N–H and O–H groups in total. The number of anilines is 1. The summed E-state index contributed by atoms with van der Waals surface area (Å²) in [6, 6.07) is 7.97. The lowest BCUT2D eigenvalue weighted by atomic mass is 10.3. The first kappa shape index (κ1) is 14.5. The quantitative estimate of drug-likeness (QED) is 0.922. The van der Waals surface area contributed by atoms with Crippen molar-refractivity contribution in [3.63, 3.8) is 0 Å². The van der Waals surface area contributed by atoms with E-state index in [1.807, 2.05) is 0 Å². The van der Waals surface area contributed by atoms with Crippen molar-refractivity contribution in [1.29, 1.82) is 5.26 Å². The van der Waals surface area contributed by atoms with Gasteiger partial charge in [0.25, 0.3) is 0 Å². The Morgan fingerprint density at radius 2 is 2.05 bits per heavy atom. The Labute approximate surface area is 118 Å². The third-order valence-electron chi connectivity index (χ3n) is 3.43. The predicted molar refractivity (Wildman–Crippen MR) is 74.7 cm³/mol. The highest BCUT2D eigenvalue weighted by molar-refractivity contribution is 7.92. The van der Waals surface area contributed by atoms with E-state index in [2.05, 4.69) is 5.32 Å². The molecule has 0 atom stereocenters. The third kappa shape index (κ3) is 3.17. The van der Waals surface area contributed by atoms with Crippen LogP contribution in [0.2, 0.25) is 0 Å². The van der Waals surface area contributed by atoms with Crippen molar-refractivity contribution >= 4 is 21.4 Å². The number of nitrogens with one attached hydrogen (secondary N) is 1. The molecule has 1 fully saturated rings. The van der Waals surface area contributed by atoms with Gasteiger partial charge in [0.05, 0.1) is 16.2 Å². The van der Waals surface area contributed by atoms with Gasteiger partial charge in [0.1, 0.15) is 6.42 Å². The van der Waals surface area contributed by atoms with E-state index in [4.69, 9.17) is 5.26 Å². The summed E-state index contributed by atoms with van der Waals surface area (Å²) in [5, 5.41) is 10.6. The van der Waals surface area contributed by atoms with Crippen molar-refractivity contribution in [3.05, 3.63) is 24.3 Å². The van der Waals surface area contributed by atoms with Gasteiger partial charge in [0, 0.05) is 5.69 Å². The topological polar surface area (TPSA) is 87.0 Å². The van der Waals surface area contributed by atoms with Crippen molar-refractivity contribution in [1.82, 2.24) is 0 Å². The summed E-state index contributed by atoms with van der Waals surface area (Å²) >= 11 is 0. The van der Waals surface area contributed by atoms with Crippen LogP contribution in [0, 0.1) is 11.3 Å². The van der Waals surface area contributed by atoms with Gasteiger partial charge in [0.15, 0.2) is 9.84 Å². The van der Waals surface area contributed by atoms with Gasteiger partial charge in [-0.2, -0.15) is 5.26 Å². The molecule has 0 heterocycles. The maximum absolute atomic E-state index is 12.4. The Morgan fingerprint density at radius 1 is 1.35 bits per heavy atom. The minimum Gasteiger partial charge on any atom is -0.325 e. The van der Waals surface area contributed by atoms with Gasteiger partial charge in [-0.15, -0.1) is 0 Å². The lowest BCUT2D eigenvalue weighted by Crippen LogP contribution is -2.18. The number of rotatable bonds is 4. The van der Waals surface area contributed by atoms with Crippen molar-refractivity contribution in [2.24, 2.45) is 0 Å². The maximum Gasteiger partial charge on any atom is 0.238 e. The zero-order valence-electron chi connectivity index (χ0n) is 11.0. The average molecular weight is 292 g/mol. The van der Waals surface area contributed by atoms with E-state index in [0.29, 0.717) is 18.5 Å². The molecule has 20 heavy (non-hydrogen) atoms. The Bertz CT molecular complexity index is 641.